The highest BCUT2D eigenvalue weighted by Gasteiger charge is 2.21. The fourth-order valence-corrected chi connectivity index (χ4v) is 4.58. The molecule has 11 heteroatoms. The lowest BCUT2D eigenvalue weighted by atomic mass is 10.1. The van der Waals surface area contributed by atoms with Crippen LogP contribution in [-0.4, -0.2) is 45.9 Å². The smallest absolute Gasteiger partial charge is 0.169 e. The van der Waals surface area contributed by atoms with Crippen LogP contribution in [0.4, 0.5) is 4.39 Å². The first kappa shape index (κ1) is 19.3. The van der Waals surface area contributed by atoms with Crippen LogP contribution in [0, 0.1) is 5.82 Å². The van der Waals surface area contributed by atoms with Crippen molar-refractivity contribution >= 4 is 39.1 Å². The van der Waals surface area contributed by atoms with E-state index < -0.39 is 5.82 Å². The Labute approximate surface area is 188 Å². The van der Waals surface area contributed by atoms with Gasteiger partial charge in [-0.25, -0.2) is 19.3 Å². The average Bonchev–Trinajstić information content (AvgIpc) is 3.57. The van der Waals surface area contributed by atoms with Crippen LogP contribution in [-0.2, 0) is 0 Å². The highest BCUT2D eigenvalue weighted by molar-refractivity contribution is 7.17. The molecule has 0 unspecified atom stereocenters. The van der Waals surface area contributed by atoms with E-state index in [0.29, 0.717) is 38.5 Å². The maximum atomic E-state index is 15.6. The molecule has 0 amide bonds. The standard InChI is InChI=1S/C22H13FN8OS/c1-10(32)15-2-3-16(33-15)12-6-24-7-14-20(12)29-22(28-14)21-17-13(30-31-21)8-27-19(18(17)23)11-4-25-9-26-5-11/h2-9H,1H3,(H,28,29)(H,30,31). The predicted molar refractivity (Wildman–Crippen MR) is 121 cm³/mol. The van der Waals surface area contributed by atoms with Crippen molar-refractivity contribution in [1.29, 1.82) is 0 Å². The van der Waals surface area contributed by atoms with Gasteiger partial charge in [0.2, 0.25) is 0 Å². The van der Waals surface area contributed by atoms with Gasteiger partial charge in [0.25, 0.3) is 0 Å². The van der Waals surface area contributed by atoms with E-state index in [2.05, 4.69) is 35.1 Å². The minimum atomic E-state index is -0.547. The monoisotopic (exact) mass is 456 g/mol. The first-order valence-corrected chi connectivity index (χ1v) is 10.6. The molecule has 6 aromatic heterocycles. The van der Waals surface area contributed by atoms with Crippen LogP contribution in [0.2, 0.25) is 0 Å². The molecule has 2 N–H and O–H groups in total. The zero-order chi connectivity index (χ0) is 22.5. The van der Waals surface area contributed by atoms with Crippen molar-refractivity contribution in [3.05, 3.63) is 60.1 Å². The molecule has 6 rings (SSSR count). The molecule has 0 bridgehead atoms. The Morgan fingerprint density at radius 1 is 1.00 bits per heavy atom. The van der Waals surface area contributed by atoms with Gasteiger partial charge in [-0.05, 0) is 19.1 Å². The molecule has 0 radical (unpaired) electrons. The van der Waals surface area contributed by atoms with Gasteiger partial charge in [-0.2, -0.15) is 5.10 Å². The second kappa shape index (κ2) is 7.35. The number of ketones is 1. The third-order valence-electron chi connectivity index (χ3n) is 5.22. The summed E-state index contributed by atoms with van der Waals surface area (Å²) in [5, 5.41) is 7.37. The van der Waals surface area contributed by atoms with Crippen molar-refractivity contribution in [3.63, 3.8) is 0 Å². The number of imidazole rings is 1. The third-order valence-corrected chi connectivity index (χ3v) is 6.43. The number of rotatable bonds is 4. The maximum Gasteiger partial charge on any atom is 0.169 e. The summed E-state index contributed by atoms with van der Waals surface area (Å²) in [7, 11) is 0. The van der Waals surface area contributed by atoms with Gasteiger partial charge in [0.1, 0.15) is 23.2 Å². The van der Waals surface area contributed by atoms with Gasteiger partial charge in [0.15, 0.2) is 17.4 Å². The average molecular weight is 456 g/mol. The van der Waals surface area contributed by atoms with Crippen LogP contribution in [0.15, 0.2) is 49.4 Å². The third kappa shape index (κ3) is 3.09. The zero-order valence-electron chi connectivity index (χ0n) is 17.0. The van der Waals surface area contributed by atoms with Gasteiger partial charge in [-0.1, -0.05) is 0 Å². The Kier molecular flexibility index (Phi) is 4.30. The summed E-state index contributed by atoms with van der Waals surface area (Å²) < 4.78 is 15.6. The molecule has 0 saturated heterocycles. The highest BCUT2D eigenvalue weighted by atomic mass is 32.1. The SMILES string of the molecule is CC(=O)c1ccc(-c2cncc3[nH]c(-c4n[nH]c5cnc(-c6cncnc6)c(F)c45)nc23)s1. The summed E-state index contributed by atoms with van der Waals surface area (Å²) in [6.07, 6.45) is 9.23. The van der Waals surface area contributed by atoms with Gasteiger partial charge in [0, 0.05) is 34.6 Å². The second-order valence-electron chi connectivity index (χ2n) is 7.30. The van der Waals surface area contributed by atoms with Gasteiger partial charge in [0.05, 0.1) is 33.7 Å². The number of fused-ring (bicyclic) bond motifs is 2. The van der Waals surface area contributed by atoms with E-state index in [1.54, 1.807) is 18.5 Å². The Bertz CT molecular complexity index is 1670. The molecule has 0 saturated carbocycles. The van der Waals surface area contributed by atoms with Crippen molar-refractivity contribution in [2.75, 3.05) is 0 Å². The normalized spacial score (nSPS) is 11.5. The number of carbonyl (C=O) groups excluding carboxylic acids is 1. The molecule has 160 valence electrons. The molecule has 0 aliphatic heterocycles. The first-order valence-electron chi connectivity index (χ1n) is 9.83. The van der Waals surface area contributed by atoms with Crippen LogP contribution in [0.5, 0.6) is 0 Å². The number of Topliss-reactive ketones (excluding diaryl/α,β-unsaturated/α-hetero) is 1. The topological polar surface area (TPSA) is 126 Å². The number of hydrogen-bond acceptors (Lipinski definition) is 8. The van der Waals surface area contributed by atoms with Crippen molar-refractivity contribution in [3.8, 4) is 33.2 Å². The number of hydrogen-bond donors (Lipinski definition) is 2. The first-order chi connectivity index (χ1) is 16.1. The number of nitrogens with zero attached hydrogens (tertiary/aromatic N) is 6. The van der Waals surface area contributed by atoms with Crippen molar-refractivity contribution in [2.45, 2.75) is 6.92 Å². The van der Waals surface area contributed by atoms with Crippen molar-refractivity contribution in [2.24, 2.45) is 0 Å². The van der Waals surface area contributed by atoms with Gasteiger partial charge in [-0.15, -0.1) is 11.3 Å². The number of pyridine rings is 2. The lowest BCUT2D eigenvalue weighted by molar-refractivity contribution is 0.102. The maximum absolute atomic E-state index is 15.6. The number of nitrogens with one attached hydrogen (secondary N) is 2. The van der Waals surface area contributed by atoms with E-state index in [4.69, 9.17) is 4.98 Å². The second-order valence-corrected chi connectivity index (χ2v) is 8.38. The molecule has 6 aromatic rings. The number of thiophene rings is 1. The molecule has 0 atom stereocenters. The summed E-state index contributed by atoms with van der Waals surface area (Å²) in [4.78, 5) is 37.5. The van der Waals surface area contributed by atoms with E-state index >= 15 is 4.39 Å². The van der Waals surface area contributed by atoms with Crippen molar-refractivity contribution in [1.82, 2.24) is 40.1 Å². The summed E-state index contributed by atoms with van der Waals surface area (Å²) in [5.74, 6) is -0.163. The summed E-state index contributed by atoms with van der Waals surface area (Å²) in [6.45, 7) is 1.53. The van der Waals surface area contributed by atoms with Crippen LogP contribution < -0.4 is 0 Å². The van der Waals surface area contributed by atoms with Crippen LogP contribution in [0.25, 0.3) is 55.2 Å². The molecule has 6 heterocycles. The lowest BCUT2D eigenvalue weighted by Gasteiger charge is -2.03. The zero-order valence-corrected chi connectivity index (χ0v) is 17.8. The number of aromatic amines is 2. The Balaban J connectivity index is 1.52. The summed E-state index contributed by atoms with van der Waals surface area (Å²) in [6, 6.07) is 3.66. The highest BCUT2D eigenvalue weighted by Crippen LogP contribution is 2.35. The minimum absolute atomic E-state index is 0.000739. The number of H-pyrrole nitrogens is 2. The Hall–Kier alpha value is -4.38. The van der Waals surface area contributed by atoms with Crippen LogP contribution >= 0.6 is 11.3 Å². The fraction of sp³-hybridized carbons (Fsp3) is 0.0455. The Morgan fingerprint density at radius 3 is 2.64 bits per heavy atom. The molecule has 0 fully saturated rings. The quantitative estimate of drug-likeness (QED) is 0.376. The molecule has 0 aliphatic carbocycles. The van der Waals surface area contributed by atoms with E-state index in [-0.39, 0.29) is 16.9 Å². The van der Waals surface area contributed by atoms with Gasteiger partial charge >= 0.3 is 0 Å². The predicted octanol–water partition coefficient (Wildman–Crippen LogP) is 4.42. The number of halogens is 1. The molecule has 9 nitrogen and oxygen atoms in total. The van der Waals surface area contributed by atoms with Crippen LogP contribution in [0.3, 0.4) is 0 Å². The summed E-state index contributed by atoms with van der Waals surface area (Å²) in [5.41, 5.74) is 3.43. The van der Waals surface area contributed by atoms with E-state index in [1.165, 1.54) is 43.2 Å². The van der Waals surface area contributed by atoms with E-state index in [0.717, 1.165) is 10.4 Å². The largest absolute Gasteiger partial charge is 0.335 e. The minimum Gasteiger partial charge on any atom is -0.335 e. The van der Waals surface area contributed by atoms with Gasteiger partial charge < -0.3 is 4.98 Å². The Morgan fingerprint density at radius 2 is 1.85 bits per heavy atom. The number of aromatic nitrogens is 8. The number of carbonyl (C=O) groups is 1. The molecular formula is C22H13FN8OS. The fourth-order valence-electron chi connectivity index (χ4n) is 3.67. The van der Waals surface area contributed by atoms with E-state index in [9.17, 15) is 4.79 Å². The lowest BCUT2D eigenvalue weighted by Crippen LogP contribution is -1.93. The van der Waals surface area contributed by atoms with Gasteiger partial charge in [-0.3, -0.25) is 19.9 Å². The molecule has 0 spiro atoms. The molecule has 0 aromatic carbocycles. The van der Waals surface area contributed by atoms with E-state index in [1.807, 2.05) is 6.07 Å². The van der Waals surface area contributed by atoms with Crippen LogP contribution in [0.1, 0.15) is 16.6 Å². The molecular weight excluding hydrogens is 443 g/mol. The molecule has 33 heavy (non-hydrogen) atoms. The van der Waals surface area contributed by atoms with Crippen molar-refractivity contribution < 1.29 is 9.18 Å². The summed E-state index contributed by atoms with van der Waals surface area (Å²) >= 11 is 1.37. The molecule has 0 aliphatic rings.